The van der Waals surface area contributed by atoms with Gasteiger partial charge in [-0.1, -0.05) is 24.3 Å². The number of carboxylic acid groups (broad SMARTS) is 1. The number of rotatable bonds is 6. The lowest BCUT2D eigenvalue weighted by Gasteiger charge is -2.33. The number of hydrogen-bond acceptors (Lipinski definition) is 6. The van der Waals surface area contributed by atoms with Crippen molar-refractivity contribution < 1.29 is 37.4 Å². The zero-order chi connectivity index (χ0) is 20.3. The van der Waals surface area contributed by atoms with Gasteiger partial charge in [0.25, 0.3) is 0 Å². The number of carbonyl (C=O) groups is 2. The van der Waals surface area contributed by atoms with E-state index in [1.807, 2.05) is 0 Å². The number of fused-ring (bicyclic) bond motifs is 1. The third-order valence-electron chi connectivity index (χ3n) is 5.69. The van der Waals surface area contributed by atoms with Gasteiger partial charge in [-0.3, -0.25) is 14.2 Å². The predicted molar refractivity (Wildman–Crippen MR) is 93.8 cm³/mol. The standard InChI is InChI=1S/C18H19FNO7P/c1-25-28(24,26-2)16(10-3-5-11(19)6-4-10)20-9-18-8-7-12(27-18)13(17(22)23)14(18)15(20)21/h3-8,12-14,16H,9H2,1-2H3,(H,22,23)/t12-,13-,14+,16?,18-/m0/s1. The minimum atomic E-state index is -3.87. The first kappa shape index (κ1) is 19.3. The summed E-state index contributed by atoms with van der Waals surface area (Å²) < 4.78 is 42.8. The van der Waals surface area contributed by atoms with Crippen LogP contribution in [0.1, 0.15) is 11.3 Å². The van der Waals surface area contributed by atoms with E-state index in [1.54, 1.807) is 12.2 Å². The first-order valence-electron chi connectivity index (χ1n) is 8.63. The number of amides is 1. The maximum Gasteiger partial charge on any atom is 0.357 e. The number of aliphatic carboxylic acids is 1. The summed E-state index contributed by atoms with van der Waals surface area (Å²) in [5.41, 5.74) is -0.751. The SMILES string of the molecule is COP(=O)(OC)C(c1ccc(F)cc1)N1C[C@]23C=C[C@H](O2)[C@H](C(=O)O)[C@@H]3C1=O. The molecule has 4 rings (SSSR count). The third-order valence-corrected chi connectivity index (χ3v) is 7.88. The Balaban J connectivity index is 1.79. The number of nitrogens with zero attached hydrogens (tertiary/aromatic N) is 1. The molecule has 2 fully saturated rings. The lowest BCUT2D eigenvalue weighted by Crippen LogP contribution is -2.39. The Morgan fingerprint density at radius 1 is 1.36 bits per heavy atom. The highest BCUT2D eigenvalue weighted by Crippen LogP contribution is 2.64. The van der Waals surface area contributed by atoms with Crippen molar-refractivity contribution in [1.82, 2.24) is 4.90 Å². The van der Waals surface area contributed by atoms with Crippen LogP contribution in [0.5, 0.6) is 0 Å². The molecule has 150 valence electrons. The van der Waals surface area contributed by atoms with Gasteiger partial charge in [0.1, 0.15) is 17.3 Å². The maximum atomic E-state index is 13.4. The molecule has 3 aliphatic rings. The second kappa shape index (κ2) is 6.49. The van der Waals surface area contributed by atoms with Crippen molar-refractivity contribution in [1.29, 1.82) is 0 Å². The Bertz CT molecular complexity index is 896. The molecule has 3 heterocycles. The van der Waals surface area contributed by atoms with Crippen molar-refractivity contribution in [3.8, 4) is 0 Å². The Morgan fingerprint density at radius 3 is 2.57 bits per heavy atom. The highest BCUT2D eigenvalue weighted by molar-refractivity contribution is 7.54. The molecule has 5 atom stereocenters. The van der Waals surface area contributed by atoms with Crippen molar-refractivity contribution in [3.63, 3.8) is 0 Å². The fourth-order valence-corrected chi connectivity index (χ4v) is 6.08. The first-order valence-corrected chi connectivity index (χ1v) is 10.2. The molecular weight excluding hydrogens is 392 g/mol. The van der Waals surface area contributed by atoms with Gasteiger partial charge in [-0.05, 0) is 17.7 Å². The van der Waals surface area contributed by atoms with Crippen LogP contribution < -0.4 is 0 Å². The molecule has 0 radical (unpaired) electrons. The van der Waals surface area contributed by atoms with E-state index in [4.69, 9.17) is 13.8 Å². The van der Waals surface area contributed by atoms with Crippen molar-refractivity contribution >= 4 is 19.5 Å². The van der Waals surface area contributed by atoms with Crippen molar-refractivity contribution in [3.05, 3.63) is 47.8 Å². The molecule has 1 aromatic rings. The van der Waals surface area contributed by atoms with Crippen LogP contribution in [-0.2, 0) is 27.9 Å². The highest BCUT2D eigenvalue weighted by atomic mass is 31.2. The normalized spacial score (nSPS) is 32.0. The number of carbonyl (C=O) groups excluding carboxylic acids is 1. The average molecular weight is 411 g/mol. The van der Waals surface area contributed by atoms with Crippen LogP contribution in [0.25, 0.3) is 0 Å². The molecule has 8 nitrogen and oxygen atoms in total. The van der Waals surface area contributed by atoms with Crippen LogP contribution in [0.4, 0.5) is 4.39 Å². The van der Waals surface area contributed by atoms with E-state index in [0.29, 0.717) is 5.56 Å². The van der Waals surface area contributed by atoms with Gasteiger partial charge in [0.2, 0.25) is 5.91 Å². The molecule has 1 aromatic carbocycles. The quantitative estimate of drug-likeness (QED) is 0.565. The molecule has 3 aliphatic heterocycles. The van der Waals surface area contributed by atoms with Gasteiger partial charge in [0.15, 0.2) is 5.78 Å². The zero-order valence-corrected chi connectivity index (χ0v) is 16.0. The number of ether oxygens (including phenoxy) is 1. The van der Waals surface area contributed by atoms with E-state index in [-0.39, 0.29) is 6.54 Å². The van der Waals surface area contributed by atoms with E-state index in [2.05, 4.69) is 0 Å². The molecule has 2 saturated heterocycles. The molecule has 2 bridgehead atoms. The fourth-order valence-electron chi connectivity index (χ4n) is 4.46. The number of benzene rings is 1. The number of likely N-dealkylation sites (tertiary alicyclic amines) is 1. The van der Waals surface area contributed by atoms with Crippen molar-refractivity contribution in [2.24, 2.45) is 11.8 Å². The Labute approximate surface area is 160 Å². The summed E-state index contributed by atoms with van der Waals surface area (Å²) in [6, 6.07) is 5.15. The van der Waals surface area contributed by atoms with Gasteiger partial charge in [0.05, 0.1) is 18.6 Å². The number of halogens is 1. The molecule has 1 spiro atoms. The average Bonchev–Trinajstić information content (AvgIpc) is 3.32. The zero-order valence-electron chi connectivity index (χ0n) is 15.1. The van der Waals surface area contributed by atoms with Gasteiger partial charge in [-0.2, -0.15) is 0 Å². The van der Waals surface area contributed by atoms with Crippen LogP contribution >= 0.6 is 7.60 Å². The van der Waals surface area contributed by atoms with Gasteiger partial charge in [0, 0.05) is 14.2 Å². The molecule has 28 heavy (non-hydrogen) atoms. The molecule has 0 aromatic heterocycles. The van der Waals surface area contributed by atoms with Gasteiger partial charge < -0.3 is 23.8 Å². The predicted octanol–water partition coefficient (Wildman–Crippen LogP) is 2.18. The smallest absolute Gasteiger partial charge is 0.357 e. The van der Waals surface area contributed by atoms with Gasteiger partial charge >= 0.3 is 13.6 Å². The highest BCUT2D eigenvalue weighted by Gasteiger charge is 2.68. The Hall–Kier alpha value is -2.06. The molecule has 1 amide bonds. The van der Waals surface area contributed by atoms with Crippen LogP contribution in [0.15, 0.2) is 36.4 Å². The minimum absolute atomic E-state index is 0.00790. The van der Waals surface area contributed by atoms with E-state index >= 15 is 0 Å². The molecule has 0 saturated carbocycles. The number of carboxylic acids is 1. The first-order chi connectivity index (χ1) is 13.3. The van der Waals surface area contributed by atoms with Crippen LogP contribution in [-0.4, -0.2) is 54.4 Å². The van der Waals surface area contributed by atoms with Gasteiger partial charge in [-0.25, -0.2) is 4.39 Å². The lowest BCUT2D eigenvalue weighted by atomic mass is 9.77. The molecular formula is C18H19FNO7P. The topological polar surface area (TPSA) is 102 Å². The lowest BCUT2D eigenvalue weighted by molar-refractivity contribution is -0.148. The largest absolute Gasteiger partial charge is 0.481 e. The van der Waals surface area contributed by atoms with E-state index in [0.717, 1.165) is 0 Å². The van der Waals surface area contributed by atoms with Crippen molar-refractivity contribution in [2.45, 2.75) is 17.5 Å². The summed E-state index contributed by atoms with van der Waals surface area (Å²) in [5.74, 6) is -5.27. The summed E-state index contributed by atoms with van der Waals surface area (Å²) in [6.07, 6.45) is 2.67. The summed E-state index contributed by atoms with van der Waals surface area (Å²) in [4.78, 5) is 26.3. The summed E-state index contributed by atoms with van der Waals surface area (Å²) in [5, 5.41) is 9.59. The minimum Gasteiger partial charge on any atom is -0.481 e. The van der Waals surface area contributed by atoms with Crippen LogP contribution in [0.3, 0.4) is 0 Å². The van der Waals surface area contributed by atoms with Gasteiger partial charge in [-0.15, -0.1) is 0 Å². The molecule has 1 N–H and O–H groups in total. The summed E-state index contributed by atoms with van der Waals surface area (Å²) in [6.45, 7) is -0.00790. The van der Waals surface area contributed by atoms with Crippen molar-refractivity contribution in [2.75, 3.05) is 20.8 Å². The van der Waals surface area contributed by atoms with Crippen LogP contribution in [0, 0.1) is 17.7 Å². The van der Waals surface area contributed by atoms with E-state index < -0.39 is 54.6 Å². The molecule has 10 heteroatoms. The third kappa shape index (κ3) is 2.58. The Morgan fingerprint density at radius 2 is 2.00 bits per heavy atom. The Kier molecular flexibility index (Phi) is 4.46. The maximum absolute atomic E-state index is 13.4. The number of hydrogen-bond donors (Lipinski definition) is 1. The second-order valence-electron chi connectivity index (χ2n) is 7.03. The molecule has 0 aliphatic carbocycles. The summed E-state index contributed by atoms with van der Waals surface area (Å²) >= 11 is 0. The van der Waals surface area contributed by atoms with Crippen LogP contribution in [0.2, 0.25) is 0 Å². The van der Waals surface area contributed by atoms with E-state index in [9.17, 15) is 23.7 Å². The fraction of sp³-hybridized carbons (Fsp3) is 0.444. The second-order valence-corrected chi connectivity index (χ2v) is 9.33. The monoisotopic (exact) mass is 411 g/mol. The molecule has 1 unspecified atom stereocenters. The van der Waals surface area contributed by atoms with E-state index in [1.165, 1.54) is 43.4 Å². The summed E-state index contributed by atoms with van der Waals surface area (Å²) in [7, 11) is -1.48.